The number of ether oxygens (including phenoxy) is 2. The maximum atomic E-state index is 13.2. The number of unbranched alkanes of at least 4 members (excludes halogenated alkanes) is 1. The van der Waals surface area contributed by atoms with E-state index in [1.807, 2.05) is 29.2 Å². The average molecular weight is 425 g/mol. The van der Waals surface area contributed by atoms with Gasteiger partial charge in [0.15, 0.2) is 11.5 Å². The van der Waals surface area contributed by atoms with E-state index >= 15 is 0 Å². The normalized spacial score (nSPS) is 16.6. The number of carbonyl (C=O) groups excluding carboxylic acids is 1. The molecule has 0 aliphatic carbocycles. The van der Waals surface area contributed by atoms with Crippen LogP contribution in [0.5, 0.6) is 11.5 Å². The highest BCUT2D eigenvalue weighted by Crippen LogP contribution is 2.34. The summed E-state index contributed by atoms with van der Waals surface area (Å²) in [5.41, 5.74) is 1.68. The van der Waals surface area contributed by atoms with Gasteiger partial charge in [-0.25, -0.2) is 4.98 Å². The number of benzene rings is 2. The molecule has 2 heterocycles. The Morgan fingerprint density at radius 1 is 1.23 bits per heavy atom. The highest BCUT2D eigenvalue weighted by atomic mass is 32.1. The van der Waals surface area contributed by atoms with E-state index in [0.717, 1.165) is 42.8 Å². The Hall–Kier alpha value is -2.60. The molecule has 1 aliphatic rings. The molecule has 1 amide bonds. The largest absolute Gasteiger partial charge is 0.493 e. The van der Waals surface area contributed by atoms with Crippen LogP contribution in [-0.4, -0.2) is 42.6 Å². The van der Waals surface area contributed by atoms with Crippen LogP contribution in [-0.2, 0) is 0 Å². The van der Waals surface area contributed by atoms with Crippen molar-refractivity contribution in [3.05, 3.63) is 53.0 Å². The van der Waals surface area contributed by atoms with Crippen molar-refractivity contribution in [3.63, 3.8) is 0 Å². The number of nitrogens with zero attached hydrogens (tertiary/aromatic N) is 2. The van der Waals surface area contributed by atoms with Crippen LogP contribution in [0.1, 0.15) is 53.9 Å². The van der Waals surface area contributed by atoms with Gasteiger partial charge in [0.1, 0.15) is 0 Å². The SMILES string of the molecule is CCCCOc1ccc(C(=O)N2CCC[C@@H](c3nc4ccccc4s3)C2)cc1OC. The maximum Gasteiger partial charge on any atom is 0.254 e. The molecule has 0 spiro atoms. The Morgan fingerprint density at radius 2 is 2.10 bits per heavy atom. The van der Waals surface area contributed by atoms with Crippen LogP contribution in [0.15, 0.2) is 42.5 Å². The Balaban J connectivity index is 1.48. The Morgan fingerprint density at radius 3 is 2.90 bits per heavy atom. The zero-order chi connectivity index (χ0) is 20.9. The van der Waals surface area contributed by atoms with Gasteiger partial charge < -0.3 is 14.4 Å². The first-order chi connectivity index (χ1) is 14.7. The fourth-order valence-electron chi connectivity index (χ4n) is 3.86. The van der Waals surface area contributed by atoms with Gasteiger partial charge in [-0.15, -0.1) is 11.3 Å². The van der Waals surface area contributed by atoms with Crippen LogP contribution in [0.3, 0.4) is 0 Å². The van der Waals surface area contributed by atoms with Gasteiger partial charge >= 0.3 is 0 Å². The van der Waals surface area contributed by atoms with Gasteiger partial charge in [0.25, 0.3) is 5.91 Å². The molecule has 2 aromatic carbocycles. The van der Waals surface area contributed by atoms with Crippen molar-refractivity contribution in [1.82, 2.24) is 9.88 Å². The highest BCUT2D eigenvalue weighted by Gasteiger charge is 2.28. The molecule has 158 valence electrons. The van der Waals surface area contributed by atoms with Crippen LogP contribution in [0.25, 0.3) is 10.2 Å². The lowest BCUT2D eigenvalue weighted by Crippen LogP contribution is -2.39. The predicted molar refractivity (Wildman–Crippen MR) is 121 cm³/mol. The first-order valence-electron chi connectivity index (χ1n) is 10.6. The van der Waals surface area contributed by atoms with Crippen molar-refractivity contribution in [3.8, 4) is 11.5 Å². The van der Waals surface area contributed by atoms with E-state index in [4.69, 9.17) is 14.5 Å². The molecule has 6 heteroatoms. The topological polar surface area (TPSA) is 51.7 Å². The van der Waals surface area contributed by atoms with Crippen LogP contribution in [0.4, 0.5) is 0 Å². The number of hydrogen-bond donors (Lipinski definition) is 0. The second-order valence-corrected chi connectivity index (χ2v) is 8.74. The second kappa shape index (κ2) is 9.47. The number of hydrogen-bond acceptors (Lipinski definition) is 5. The Kier molecular flexibility index (Phi) is 6.53. The molecule has 0 saturated carbocycles. The van der Waals surface area contributed by atoms with Gasteiger partial charge in [-0.2, -0.15) is 0 Å². The molecule has 0 unspecified atom stereocenters. The van der Waals surface area contributed by atoms with E-state index in [1.54, 1.807) is 24.5 Å². The zero-order valence-electron chi connectivity index (χ0n) is 17.6. The Labute approximate surface area is 181 Å². The lowest BCUT2D eigenvalue weighted by molar-refractivity contribution is 0.0706. The van der Waals surface area contributed by atoms with E-state index in [2.05, 4.69) is 19.1 Å². The first-order valence-corrected chi connectivity index (χ1v) is 11.5. The number of methoxy groups -OCH3 is 1. The van der Waals surface area contributed by atoms with Crippen LogP contribution < -0.4 is 9.47 Å². The summed E-state index contributed by atoms with van der Waals surface area (Å²) in [6.07, 6.45) is 4.12. The van der Waals surface area contributed by atoms with Gasteiger partial charge in [-0.05, 0) is 49.6 Å². The van der Waals surface area contributed by atoms with E-state index in [0.29, 0.717) is 36.1 Å². The van der Waals surface area contributed by atoms with Crippen molar-refractivity contribution in [2.75, 3.05) is 26.8 Å². The van der Waals surface area contributed by atoms with Crippen molar-refractivity contribution in [1.29, 1.82) is 0 Å². The predicted octanol–water partition coefficient (Wildman–Crippen LogP) is 5.50. The number of amides is 1. The third-order valence-corrected chi connectivity index (χ3v) is 6.73. The van der Waals surface area contributed by atoms with Gasteiger partial charge in [-0.3, -0.25) is 4.79 Å². The zero-order valence-corrected chi connectivity index (χ0v) is 18.4. The number of fused-ring (bicyclic) bond motifs is 1. The molecule has 1 saturated heterocycles. The minimum absolute atomic E-state index is 0.0409. The Bertz CT molecular complexity index is 984. The molecule has 5 nitrogen and oxygen atoms in total. The van der Waals surface area contributed by atoms with Crippen LogP contribution >= 0.6 is 11.3 Å². The first kappa shape index (κ1) is 20.7. The molecule has 0 radical (unpaired) electrons. The van der Waals surface area contributed by atoms with E-state index in [-0.39, 0.29) is 5.91 Å². The number of piperidine rings is 1. The third-order valence-electron chi connectivity index (χ3n) is 5.53. The number of thiazole rings is 1. The molecular formula is C24H28N2O3S. The third kappa shape index (κ3) is 4.43. The molecule has 0 bridgehead atoms. The lowest BCUT2D eigenvalue weighted by atomic mass is 9.98. The molecule has 30 heavy (non-hydrogen) atoms. The number of carbonyl (C=O) groups is 1. The van der Waals surface area contributed by atoms with Gasteiger partial charge in [0, 0.05) is 24.6 Å². The highest BCUT2D eigenvalue weighted by molar-refractivity contribution is 7.18. The summed E-state index contributed by atoms with van der Waals surface area (Å²) >= 11 is 1.75. The van der Waals surface area contributed by atoms with Crippen molar-refractivity contribution < 1.29 is 14.3 Å². The molecule has 1 fully saturated rings. The van der Waals surface area contributed by atoms with Gasteiger partial charge in [0.05, 0.1) is 28.9 Å². The minimum Gasteiger partial charge on any atom is -0.493 e. The van der Waals surface area contributed by atoms with Crippen LogP contribution in [0, 0.1) is 0 Å². The molecule has 4 rings (SSSR count). The molecule has 1 atom stereocenters. The maximum absolute atomic E-state index is 13.2. The molecular weight excluding hydrogens is 396 g/mol. The van der Waals surface area contributed by atoms with Gasteiger partial charge in [0.2, 0.25) is 0 Å². The number of likely N-dealkylation sites (tertiary alicyclic amines) is 1. The smallest absolute Gasteiger partial charge is 0.254 e. The monoisotopic (exact) mass is 424 g/mol. The average Bonchev–Trinajstić information content (AvgIpc) is 3.23. The van der Waals surface area contributed by atoms with E-state index in [1.165, 1.54) is 4.70 Å². The van der Waals surface area contributed by atoms with Crippen molar-refractivity contribution in [2.24, 2.45) is 0 Å². The van der Waals surface area contributed by atoms with Gasteiger partial charge in [-0.1, -0.05) is 25.5 Å². The summed E-state index contributed by atoms with van der Waals surface area (Å²) in [6.45, 7) is 4.26. The second-order valence-electron chi connectivity index (χ2n) is 7.68. The summed E-state index contributed by atoms with van der Waals surface area (Å²) in [5.74, 6) is 1.63. The lowest BCUT2D eigenvalue weighted by Gasteiger charge is -2.32. The molecule has 1 aliphatic heterocycles. The standard InChI is InChI=1S/C24H28N2O3S/c1-3-4-14-29-20-12-11-17(15-21(20)28-2)24(27)26-13-7-8-18(16-26)23-25-19-9-5-6-10-22(19)30-23/h5-6,9-12,15,18H,3-4,7-8,13-14,16H2,1-2H3/t18-/m1/s1. The minimum atomic E-state index is 0.0409. The van der Waals surface area contributed by atoms with Crippen molar-refractivity contribution in [2.45, 2.75) is 38.5 Å². The molecule has 1 aromatic heterocycles. The summed E-state index contributed by atoms with van der Waals surface area (Å²) in [6, 6.07) is 13.7. The summed E-state index contributed by atoms with van der Waals surface area (Å²) in [4.78, 5) is 20.0. The fourth-order valence-corrected chi connectivity index (χ4v) is 4.95. The fraction of sp³-hybridized carbons (Fsp3) is 0.417. The summed E-state index contributed by atoms with van der Waals surface area (Å²) in [5, 5.41) is 1.13. The van der Waals surface area contributed by atoms with E-state index in [9.17, 15) is 4.79 Å². The van der Waals surface area contributed by atoms with Crippen LogP contribution in [0.2, 0.25) is 0 Å². The number of aromatic nitrogens is 1. The van der Waals surface area contributed by atoms with Crippen molar-refractivity contribution >= 4 is 27.5 Å². The number of rotatable bonds is 7. The quantitative estimate of drug-likeness (QED) is 0.470. The summed E-state index contributed by atoms with van der Waals surface area (Å²) < 4.78 is 12.5. The molecule has 3 aromatic rings. The summed E-state index contributed by atoms with van der Waals surface area (Å²) in [7, 11) is 1.61. The molecule has 0 N–H and O–H groups in total. The number of para-hydroxylation sites is 1. The van der Waals surface area contributed by atoms with E-state index < -0.39 is 0 Å².